The molecule has 0 unspecified atom stereocenters. The van der Waals surface area contributed by atoms with E-state index in [4.69, 9.17) is 0 Å². The van der Waals surface area contributed by atoms with Crippen LogP contribution in [0.5, 0.6) is 0 Å². The molecule has 0 saturated heterocycles. The predicted molar refractivity (Wildman–Crippen MR) is 65.7 cm³/mol. The van der Waals surface area contributed by atoms with E-state index in [1.807, 2.05) is 14.0 Å². The van der Waals surface area contributed by atoms with E-state index >= 15 is 0 Å². The number of aromatic nitrogens is 2. The maximum atomic E-state index is 12.0. The quantitative estimate of drug-likeness (QED) is 0.864. The van der Waals surface area contributed by atoms with Crippen LogP contribution in [-0.2, 0) is 0 Å². The third-order valence-corrected chi connectivity index (χ3v) is 3.86. The van der Waals surface area contributed by atoms with E-state index in [1.54, 1.807) is 11.1 Å². The fourth-order valence-corrected chi connectivity index (χ4v) is 3.10. The van der Waals surface area contributed by atoms with Crippen LogP contribution in [0.1, 0.15) is 28.9 Å². The van der Waals surface area contributed by atoms with E-state index in [-0.39, 0.29) is 5.91 Å². The topological polar surface area (TPSA) is 49.0 Å². The highest BCUT2D eigenvalue weighted by Gasteiger charge is 2.29. The Morgan fingerprint density at radius 1 is 1.69 bits per heavy atom. The molecule has 0 spiro atoms. The zero-order valence-electron chi connectivity index (χ0n) is 9.53. The number of hydrogen-bond acceptors (Lipinski definition) is 2. The number of nitrogens with zero attached hydrogens (tertiary/aromatic N) is 2. The number of rotatable bonds is 3. The number of hydrogen-bond donors (Lipinski definition) is 1. The number of halogens is 1. The third kappa shape index (κ3) is 2.29. The number of carbonyl (C=O) groups excluding carboxylic acids is 1. The molecule has 1 aromatic rings. The fraction of sp³-hybridized carbons (Fsp3) is 0.636. The van der Waals surface area contributed by atoms with Gasteiger partial charge in [0.1, 0.15) is 0 Å². The molecule has 0 atom stereocenters. The van der Waals surface area contributed by atoms with Crippen molar-refractivity contribution >= 4 is 21.8 Å². The Balaban J connectivity index is 1.92. The van der Waals surface area contributed by atoms with Gasteiger partial charge in [0.05, 0.1) is 11.8 Å². The Morgan fingerprint density at radius 3 is 2.88 bits per heavy atom. The van der Waals surface area contributed by atoms with Crippen molar-refractivity contribution in [3.05, 3.63) is 17.5 Å². The lowest BCUT2D eigenvalue weighted by Gasteiger charge is -2.34. The van der Waals surface area contributed by atoms with Crippen molar-refractivity contribution in [2.75, 3.05) is 13.6 Å². The summed E-state index contributed by atoms with van der Waals surface area (Å²) in [4.78, 5) is 14.5. The average molecular weight is 286 g/mol. The summed E-state index contributed by atoms with van der Waals surface area (Å²) in [5, 5.41) is 6.66. The number of H-pyrrole nitrogens is 1. The van der Waals surface area contributed by atoms with Crippen LogP contribution in [-0.4, -0.2) is 39.4 Å². The first-order valence-electron chi connectivity index (χ1n) is 5.47. The Hall–Kier alpha value is -0.840. The van der Waals surface area contributed by atoms with E-state index in [1.165, 1.54) is 12.8 Å². The minimum atomic E-state index is 0.0595. The predicted octanol–water partition coefficient (Wildman–Crippen LogP) is 1.96. The number of alkyl halides is 1. The summed E-state index contributed by atoms with van der Waals surface area (Å²) in [7, 11) is 1.86. The summed E-state index contributed by atoms with van der Waals surface area (Å²) < 4.78 is 0. The van der Waals surface area contributed by atoms with Gasteiger partial charge in [-0.1, -0.05) is 15.9 Å². The lowest BCUT2D eigenvalue weighted by Crippen LogP contribution is -2.37. The number of aryl methyl sites for hydroxylation is 1. The van der Waals surface area contributed by atoms with Crippen molar-refractivity contribution in [3.8, 4) is 0 Å². The smallest absolute Gasteiger partial charge is 0.257 e. The van der Waals surface area contributed by atoms with Crippen LogP contribution in [0.4, 0.5) is 0 Å². The third-order valence-electron chi connectivity index (χ3n) is 3.12. The van der Waals surface area contributed by atoms with Crippen LogP contribution in [0.25, 0.3) is 0 Å². The fourth-order valence-electron chi connectivity index (χ4n) is 2.05. The minimum Gasteiger partial charge on any atom is -0.341 e. The summed E-state index contributed by atoms with van der Waals surface area (Å²) in [6.45, 7) is 2.71. The average Bonchev–Trinajstić information content (AvgIpc) is 2.61. The monoisotopic (exact) mass is 285 g/mol. The van der Waals surface area contributed by atoms with E-state index in [0.29, 0.717) is 16.3 Å². The van der Waals surface area contributed by atoms with Crippen LogP contribution >= 0.6 is 15.9 Å². The van der Waals surface area contributed by atoms with Crippen LogP contribution in [0.3, 0.4) is 0 Å². The van der Waals surface area contributed by atoms with Gasteiger partial charge in [-0.2, -0.15) is 5.10 Å². The van der Waals surface area contributed by atoms with Gasteiger partial charge in [0, 0.05) is 24.1 Å². The van der Waals surface area contributed by atoms with Gasteiger partial charge in [-0.05, 0) is 25.7 Å². The molecule has 88 valence electrons. The Kier molecular flexibility index (Phi) is 3.33. The van der Waals surface area contributed by atoms with Crippen LogP contribution < -0.4 is 0 Å². The molecular weight excluding hydrogens is 270 g/mol. The second kappa shape index (κ2) is 4.57. The maximum absolute atomic E-state index is 12.0. The van der Waals surface area contributed by atoms with Gasteiger partial charge in [0.15, 0.2) is 0 Å². The molecule has 1 fully saturated rings. The van der Waals surface area contributed by atoms with E-state index in [2.05, 4.69) is 26.1 Å². The summed E-state index contributed by atoms with van der Waals surface area (Å²) in [6.07, 6.45) is 3.94. The van der Waals surface area contributed by atoms with Gasteiger partial charge in [-0.25, -0.2) is 0 Å². The zero-order valence-corrected chi connectivity index (χ0v) is 11.1. The highest BCUT2D eigenvalue weighted by molar-refractivity contribution is 9.09. The molecule has 5 heteroatoms. The van der Waals surface area contributed by atoms with E-state index in [0.717, 1.165) is 12.2 Å². The van der Waals surface area contributed by atoms with E-state index in [9.17, 15) is 4.79 Å². The normalized spacial score (nSPS) is 23.9. The molecule has 0 bridgehead atoms. The molecule has 1 heterocycles. The first-order chi connectivity index (χ1) is 7.58. The Morgan fingerprint density at radius 2 is 2.38 bits per heavy atom. The van der Waals surface area contributed by atoms with Crippen molar-refractivity contribution in [2.24, 2.45) is 5.92 Å². The minimum absolute atomic E-state index is 0.0595. The van der Waals surface area contributed by atoms with Crippen molar-refractivity contribution < 1.29 is 4.79 Å². The lowest BCUT2D eigenvalue weighted by molar-refractivity contribution is 0.0748. The van der Waals surface area contributed by atoms with Crippen LogP contribution in [0.2, 0.25) is 0 Å². The number of aromatic amines is 1. The molecule has 0 aliphatic heterocycles. The van der Waals surface area contributed by atoms with Crippen molar-refractivity contribution in [2.45, 2.75) is 24.6 Å². The Labute approximate surface area is 104 Å². The molecule has 1 amide bonds. The van der Waals surface area contributed by atoms with Gasteiger partial charge < -0.3 is 4.90 Å². The molecule has 1 aliphatic rings. The first-order valence-corrected chi connectivity index (χ1v) is 6.39. The van der Waals surface area contributed by atoms with E-state index < -0.39 is 0 Å². The molecule has 1 saturated carbocycles. The van der Waals surface area contributed by atoms with Crippen LogP contribution in [0.15, 0.2) is 6.20 Å². The zero-order chi connectivity index (χ0) is 11.7. The largest absolute Gasteiger partial charge is 0.341 e. The molecule has 16 heavy (non-hydrogen) atoms. The molecule has 1 aromatic heterocycles. The summed E-state index contributed by atoms with van der Waals surface area (Å²) in [6, 6.07) is 0. The highest BCUT2D eigenvalue weighted by atomic mass is 79.9. The van der Waals surface area contributed by atoms with Gasteiger partial charge in [-0.3, -0.25) is 9.89 Å². The maximum Gasteiger partial charge on any atom is 0.257 e. The van der Waals surface area contributed by atoms with Gasteiger partial charge in [-0.15, -0.1) is 0 Å². The standard InChI is InChI=1S/C11H16BrN3O/c1-7-10(5-13-14-7)11(16)15(2)6-8-3-9(12)4-8/h5,8-9H,3-4,6H2,1-2H3,(H,13,14). The second-order valence-corrected chi connectivity index (χ2v) is 5.82. The van der Waals surface area contributed by atoms with Crippen molar-refractivity contribution in [1.29, 1.82) is 0 Å². The van der Waals surface area contributed by atoms with Gasteiger partial charge >= 0.3 is 0 Å². The number of carbonyl (C=O) groups is 1. The van der Waals surface area contributed by atoms with Gasteiger partial charge in [0.25, 0.3) is 5.91 Å². The summed E-state index contributed by atoms with van der Waals surface area (Å²) in [5.41, 5.74) is 1.51. The molecule has 0 aromatic carbocycles. The molecule has 4 nitrogen and oxygen atoms in total. The first kappa shape index (κ1) is 11.6. The molecule has 1 aliphatic carbocycles. The molecular formula is C11H16BrN3O. The lowest BCUT2D eigenvalue weighted by atomic mass is 9.85. The number of nitrogens with one attached hydrogen (secondary N) is 1. The van der Waals surface area contributed by atoms with Crippen LogP contribution in [0, 0.1) is 12.8 Å². The molecule has 0 radical (unpaired) electrons. The highest BCUT2D eigenvalue weighted by Crippen LogP contribution is 2.33. The molecule has 1 N–H and O–H groups in total. The second-order valence-electron chi connectivity index (χ2n) is 4.53. The van der Waals surface area contributed by atoms with Crippen molar-refractivity contribution in [3.63, 3.8) is 0 Å². The molecule has 2 rings (SSSR count). The summed E-state index contributed by atoms with van der Waals surface area (Å²) in [5.74, 6) is 0.704. The summed E-state index contributed by atoms with van der Waals surface area (Å²) >= 11 is 3.56. The number of amides is 1. The van der Waals surface area contributed by atoms with Gasteiger partial charge in [0.2, 0.25) is 0 Å². The van der Waals surface area contributed by atoms with Crippen molar-refractivity contribution in [1.82, 2.24) is 15.1 Å². The Bertz CT molecular complexity index is 384. The SMILES string of the molecule is Cc1[nH]ncc1C(=O)N(C)CC1CC(Br)C1.